The second kappa shape index (κ2) is 32.6. The number of nitrogens with two attached hydrogens (primary N) is 2. The van der Waals surface area contributed by atoms with Crippen molar-refractivity contribution in [1.82, 2.24) is 31.1 Å². The van der Waals surface area contributed by atoms with Crippen molar-refractivity contribution in [2.75, 3.05) is 93.6 Å². The van der Waals surface area contributed by atoms with Crippen LogP contribution in [0.3, 0.4) is 0 Å². The standard InChI is InChI=1S/C16H24N2O4.C15H22N2O4.C11H16N2O2.C8H6O3.C7H16N2O2/c1-16(2,3)22-15(19)17-7-8-18(4)10-12-5-6-13-14(9-12)21-11-20-13;1-15(2,3)21-14(18)17-7-6-16-9-11-4-5-12-13(8-11)20-10-19-12;1-13(5-4-12)7-9-2-3-10-11(6-9)15-8-14-10;9-4-6-1-2-7-8(3-6)11-5-10-7;1-7(2,3)11-6(10)9-5-4-8/h5-6,9H,7-8,10-11H2,1-4H3,(H,17,19);4-5,8,16H,6-7,9-10H2,1-3H3,(H,17,18);2-3,6H,4-5,7-8,12H2,1H3;1-4H,5H2;4-5,8H2,1-3H3,(H,9,10). The van der Waals surface area contributed by atoms with Crippen LogP contribution in [-0.4, -0.2) is 145 Å². The Kier molecular flexibility index (Phi) is 26.5. The minimum Gasteiger partial charge on any atom is -0.454 e. The second-order valence-electron chi connectivity index (χ2n) is 21.3. The summed E-state index contributed by atoms with van der Waals surface area (Å²) in [6, 6.07) is 22.9. The van der Waals surface area contributed by atoms with E-state index in [1.165, 1.54) is 5.56 Å². The third kappa shape index (κ3) is 26.0. The van der Waals surface area contributed by atoms with E-state index in [9.17, 15) is 19.2 Å². The van der Waals surface area contributed by atoms with E-state index in [1.54, 1.807) is 18.2 Å². The van der Waals surface area contributed by atoms with Gasteiger partial charge in [0.05, 0.1) is 0 Å². The number of ether oxygens (including phenoxy) is 11. The molecular weight excluding hydrogens is 1040 g/mol. The molecule has 0 atom stereocenters. The summed E-state index contributed by atoms with van der Waals surface area (Å²) in [5.41, 5.74) is 13.4. The highest BCUT2D eigenvalue weighted by Crippen LogP contribution is 2.35. The van der Waals surface area contributed by atoms with E-state index in [4.69, 9.17) is 63.6 Å². The van der Waals surface area contributed by atoms with Crippen molar-refractivity contribution in [2.24, 2.45) is 11.5 Å². The lowest BCUT2D eigenvalue weighted by molar-refractivity contribution is 0.0513. The fourth-order valence-electron chi connectivity index (χ4n) is 7.07. The highest BCUT2D eigenvalue weighted by Gasteiger charge is 2.20. The van der Waals surface area contributed by atoms with E-state index in [1.807, 2.05) is 118 Å². The van der Waals surface area contributed by atoms with E-state index in [2.05, 4.69) is 44.2 Å². The average Bonchev–Trinajstić information content (AvgIpc) is 4.24. The molecule has 4 heterocycles. The Labute approximate surface area is 470 Å². The SMILES string of the molecule is CC(C)(C)OC(=O)NCCN.CC(C)(C)OC(=O)NCCNCc1ccc2c(c1)OCO2.CN(CCN)Cc1ccc2c(c1)OCO2.CN(CCNC(=O)OC(C)(C)C)Cc1ccc2c(c1)OCO2.O=Cc1ccc2c(c1)OCO2. The Bertz CT molecular complexity index is 2570. The highest BCUT2D eigenvalue weighted by molar-refractivity contribution is 5.76. The van der Waals surface area contributed by atoms with Gasteiger partial charge >= 0.3 is 18.3 Å². The van der Waals surface area contributed by atoms with Crippen LogP contribution in [0.5, 0.6) is 46.0 Å². The molecule has 0 bridgehead atoms. The van der Waals surface area contributed by atoms with Crippen molar-refractivity contribution in [3.8, 4) is 46.0 Å². The molecule has 0 fully saturated rings. The molecule has 0 saturated carbocycles. The lowest BCUT2D eigenvalue weighted by Crippen LogP contribution is -2.36. The van der Waals surface area contributed by atoms with Crippen LogP contribution >= 0.6 is 0 Å². The minimum atomic E-state index is -0.470. The van der Waals surface area contributed by atoms with Gasteiger partial charge in [0.2, 0.25) is 27.2 Å². The molecule has 0 unspecified atom stereocenters. The number of aldehydes is 1. The summed E-state index contributed by atoms with van der Waals surface area (Å²) in [5.74, 6) is 6.17. The lowest BCUT2D eigenvalue weighted by atomic mass is 10.2. The molecule has 8 rings (SSSR count). The first-order valence-electron chi connectivity index (χ1n) is 26.3. The molecule has 4 aromatic rings. The molecule has 4 aliphatic heterocycles. The van der Waals surface area contributed by atoms with Crippen molar-refractivity contribution >= 4 is 24.6 Å². The zero-order valence-corrected chi connectivity index (χ0v) is 48.3. The number of nitrogens with one attached hydrogen (secondary N) is 4. The molecule has 4 aromatic carbocycles. The Morgan fingerprint density at radius 3 is 1.25 bits per heavy atom. The van der Waals surface area contributed by atoms with Gasteiger partial charge in [-0.2, -0.15) is 0 Å². The van der Waals surface area contributed by atoms with Gasteiger partial charge < -0.3 is 94.6 Å². The molecule has 0 radical (unpaired) electrons. The van der Waals surface area contributed by atoms with Gasteiger partial charge in [0.25, 0.3) is 0 Å². The van der Waals surface area contributed by atoms with Gasteiger partial charge in [-0.1, -0.05) is 18.2 Å². The van der Waals surface area contributed by atoms with Gasteiger partial charge in [0.15, 0.2) is 46.0 Å². The van der Waals surface area contributed by atoms with Gasteiger partial charge in [0, 0.05) is 77.6 Å². The number of fused-ring (bicyclic) bond motifs is 4. The van der Waals surface area contributed by atoms with Crippen LogP contribution in [0.25, 0.3) is 0 Å². The maximum Gasteiger partial charge on any atom is 0.407 e. The molecule has 80 heavy (non-hydrogen) atoms. The van der Waals surface area contributed by atoms with E-state index >= 15 is 0 Å². The van der Waals surface area contributed by atoms with Crippen LogP contribution in [0.2, 0.25) is 0 Å². The Hall–Kier alpha value is -7.44. The molecule has 0 saturated heterocycles. The first-order valence-corrected chi connectivity index (χ1v) is 26.3. The summed E-state index contributed by atoms with van der Waals surface area (Å²) in [5, 5.41) is 11.2. The van der Waals surface area contributed by atoms with Crippen molar-refractivity contribution in [3.05, 3.63) is 95.1 Å². The highest BCUT2D eigenvalue weighted by atomic mass is 16.7. The summed E-state index contributed by atoms with van der Waals surface area (Å²) < 4.78 is 57.2. The summed E-state index contributed by atoms with van der Waals surface area (Å²) in [7, 11) is 4.05. The summed E-state index contributed by atoms with van der Waals surface area (Å²) >= 11 is 0. The van der Waals surface area contributed by atoms with Crippen LogP contribution in [0.4, 0.5) is 14.4 Å². The summed E-state index contributed by atoms with van der Waals surface area (Å²) in [4.78, 5) is 48.4. The third-order valence-electron chi connectivity index (χ3n) is 10.5. The van der Waals surface area contributed by atoms with Gasteiger partial charge in [-0.15, -0.1) is 0 Å². The number of alkyl carbamates (subject to hydrolysis) is 3. The predicted molar refractivity (Wildman–Crippen MR) is 301 cm³/mol. The third-order valence-corrected chi connectivity index (χ3v) is 10.5. The van der Waals surface area contributed by atoms with Crippen LogP contribution in [0, 0.1) is 0 Å². The Balaban J connectivity index is 0.000000222. The van der Waals surface area contributed by atoms with Crippen LogP contribution in [-0.2, 0) is 33.8 Å². The van der Waals surface area contributed by atoms with Crippen molar-refractivity contribution < 1.29 is 71.3 Å². The average molecular weight is 1120 g/mol. The minimum absolute atomic E-state index is 0.248. The quantitative estimate of drug-likeness (QED) is 0.0356. The van der Waals surface area contributed by atoms with Crippen molar-refractivity contribution in [1.29, 1.82) is 0 Å². The van der Waals surface area contributed by atoms with E-state index < -0.39 is 29.0 Å². The number of carbonyl (C=O) groups is 4. The smallest absolute Gasteiger partial charge is 0.407 e. The monoisotopic (exact) mass is 1120 g/mol. The topological polar surface area (TPSA) is 276 Å². The van der Waals surface area contributed by atoms with Crippen molar-refractivity contribution in [2.45, 2.75) is 98.8 Å². The fourth-order valence-corrected chi connectivity index (χ4v) is 7.07. The molecule has 0 aromatic heterocycles. The molecule has 0 spiro atoms. The molecule has 442 valence electrons. The van der Waals surface area contributed by atoms with E-state index in [0.29, 0.717) is 69.7 Å². The van der Waals surface area contributed by atoms with Gasteiger partial charge in [-0.3, -0.25) is 4.79 Å². The van der Waals surface area contributed by atoms with Gasteiger partial charge in [-0.25, -0.2) is 14.4 Å². The Morgan fingerprint density at radius 2 is 0.838 bits per heavy atom. The largest absolute Gasteiger partial charge is 0.454 e. The Morgan fingerprint density at radius 1 is 0.475 bits per heavy atom. The normalized spacial score (nSPS) is 12.9. The maximum atomic E-state index is 11.5. The first kappa shape index (κ1) is 65.1. The number of rotatable bonds is 17. The molecule has 3 amide bonds. The van der Waals surface area contributed by atoms with Crippen LogP contribution in [0.15, 0.2) is 72.8 Å². The summed E-state index contributed by atoms with van der Waals surface area (Å²) in [6.45, 7) is 24.9. The van der Waals surface area contributed by atoms with Gasteiger partial charge in [0.1, 0.15) is 23.1 Å². The van der Waals surface area contributed by atoms with E-state index in [0.717, 1.165) is 78.1 Å². The van der Waals surface area contributed by atoms with Crippen LogP contribution < -0.4 is 70.6 Å². The zero-order valence-electron chi connectivity index (χ0n) is 48.3. The van der Waals surface area contributed by atoms with Crippen molar-refractivity contribution in [3.63, 3.8) is 0 Å². The predicted octanol–water partition coefficient (Wildman–Crippen LogP) is 6.90. The second-order valence-corrected chi connectivity index (χ2v) is 21.3. The lowest BCUT2D eigenvalue weighted by Gasteiger charge is -2.21. The molecular formula is C57H84N8O15. The maximum absolute atomic E-state index is 11.5. The fraction of sp³-hybridized carbons (Fsp3) is 0.509. The number of carbonyl (C=O) groups excluding carboxylic acids is 4. The molecule has 0 aliphatic carbocycles. The first-order chi connectivity index (χ1) is 37.9. The number of hydrogen-bond acceptors (Lipinski definition) is 20. The number of nitrogens with zero attached hydrogens (tertiary/aromatic N) is 2. The zero-order chi connectivity index (χ0) is 58.7. The molecule has 23 nitrogen and oxygen atoms in total. The molecule has 8 N–H and O–H groups in total. The number of hydrogen-bond donors (Lipinski definition) is 6. The molecule has 4 aliphatic rings. The number of benzene rings is 4. The molecule has 23 heteroatoms. The van der Waals surface area contributed by atoms with E-state index in [-0.39, 0.29) is 26.5 Å². The van der Waals surface area contributed by atoms with Gasteiger partial charge in [-0.05, 0) is 148 Å². The van der Waals surface area contributed by atoms with Crippen LogP contribution in [0.1, 0.15) is 89.4 Å². The number of amides is 3. The number of likely N-dealkylation sites (N-methyl/N-ethyl adjacent to an activating group) is 2. The summed E-state index contributed by atoms with van der Waals surface area (Å²) in [6.07, 6.45) is -0.415.